The average molecular weight is 353 g/mol. The molecule has 0 aromatic heterocycles. The summed E-state index contributed by atoms with van der Waals surface area (Å²) in [6, 6.07) is 15.9. The largest absolute Gasteiger partial charge is 0.497 e. The molecular weight excluding hydrogens is 326 g/mol. The first-order valence-electron chi connectivity index (χ1n) is 9.07. The Bertz CT molecular complexity index is 720. The average Bonchev–Trinajstić information content (AvgIpc) is 2.69. The van der Waals surface area contributed by atoms with Crippen LogP contribution in [-0.4, -0.2) is 50.1 Å². The minimum Gasteiger partial charge on any atom is -0.497 e. The first kappa shape index (κ1) is 18.3. The molecular formula is C21H27N3O2. The van der Waals surface area contributed by atoms with Gasteiger partial charge in [0, 0.05) is 37.6 Å². The van der Waals surface area contributed by atoms with Gasteiger partial charge in [-0.3, -0.25) is 9.69 Å². The van der Waals surface area contributed by atoms with Gasteiger partial charge in [-0.05, 0) is 50.2 Å². The highest BCUT2D eigenvalue weighted by Gasteiger charge is 2.25. The van der Waals surface area contributed by atoms with Crippen LogP contribution in [-0.2, 0) is 4.79 Å². The first-order chi connectivity index (χ1) is 12.6. The lowest BCUT2D eigenvalue weighted by Crippen LogP contribution is -2.52. The Labute approximate surface area is 155 Å². The van der Waals surface area contributed by atoms with E-state index in [9.17, 15) is 4.79 Å². The first-order valence-corrected chi connectivity index (χ1v) is 9.07. The number of hydrogen-bond acceptors (Lipinski definition) is 4. The molecule has 1 amide bonds. The van der Waals surface area contributed by atoms with Crippen molar-refractivity contribution in [1.82, 2.24) is 4.90 Å². The van der Waals surface area contributed by atoms with Crippen LogP contribution in [0.2, 0.25) is 0 Å². The normalized spacial score (nSPS) is 16.2. The van der Waals surface area contributed by atoms with Crippen molar-refractivity contribution >= 4 is 17.3 Å². The minimum atomic E-state index is -0.144. The second-order valence-electron chi connectivity index (χ2n) is 6.75. The van der Waals surface area contributed by atoms with Crippen LogP contribution in [0.25, 0.3) is 0 Å². The molecule has 1 unspecified atom stereocenters. The molecule has 1 aliphatic rings. The zero-order chi connectivity index (χ0) is 18.5. The highest BCUT2D eigenvalue weighted by molar-refractivity contribution is 5.94. The Morgan fingerprint density at radius 1 is 1.00 bits per heavy atom. The van der Waals surface area contributed by atoms with Gasteiger partial charge in [0.1, 0.15) is 5.75 Å². The van der Waals surface area contributed by atoms with E-state index in [4.69, 9.17) is 4.74 Å². The van der Waals surface area contributed by atoms with E-state index >= 15 is 0 Å². The van der Waals surface area contributed by atoms with Gasteiger partial charge in [0.2, 0.25) is 5.91 Å². The quantitative estimate of drug-likeness (QED) is 0.897. The molecule has 1 heterocycles. The number of hydrogen-bond donors (Lipinski definition) is 1. The summed E-state index contributed by atoms with van der Waals surface area (Å²) in [5.41, 5.74) is 3.23. The topological polar surface area (TPSA) is 44.8 Å². The summed E-state index contributed by atoms with van der Waals surface area (Å²) in [5, 5.41) is 3.01. The molecule has 5 nitrogen and oxygen atoms in total. The number of nitrogens with one attached hydrogen (secondary N) is 1. The molecule has 0 spiro atoms. The van der Waals surface area contributed by atoms with Crippen LogP contribution < -0.4 is 15.0 Å². The standard InChI is InChI=1S/C21H27N3O2/c1-16-4-6-18(7-5-16)22-21(25)17(2)23-12-14-24(15-13-23)19-8-10-20(26-3)11-9-19/h4-11,17H,12-15H2,1-3H3,(H,22,25). The summed E-state index contributed by atoms with van der Waals surface area (Å²) in [5.74, 6) is 0.917. The van der Waals surface area contributed by atoms with E-state index in [0.717, 1.165) is 37.6 Å². The van der Waals surface area contributed by atoms with Crippen molar-refractivity contribution < 1.29 is 9.53 Å². The molecule has 1 fully saturated rings. The van der Waals surface area contributed by atoms with Crippen molar-refractivity contribution in [1.29, 1.82) is 0 Å². The Balaban J connectivity index is 1.53. The van der Waals surface area contributed by atoms with E-state index < -0.39 is 0 Å². The van der Waals surface area contributed by atoms with Gasteiger partial charge >= 0.3 is 0 Å². The Morgan fingerprint density at radius 2 is 1.62 bits per heavy atom. The zero-order valence-electron chi connectivity index (χ0n) is 15.7. The zero-order valence-corrected chi connectivity index (χ0v) is 15.7. The molecule has 0 aliphatic carbocycles. The van der Waals surface area contributed by atoms with Gasteiger partial charge in [0.05, 0.1) is 13.2 Å². The Kier molecular flexibility index (Phi) is 5.78. The lowest BCUT2D eigenvalue weighted by Gasteiger charge is -2.38. The fourth-order valence-electron chi connectivity index (χ4n) is 3.21. The summed E-state index contributed by atoms with van der Waals surface area (Å²) >= 11 is 0. The summed E-state index contributed by atoms with van der Waals surface area (Å²) in [6.07, 6.45) is 0. The van der Waals surface area contributed by atoms with Gasteiger partial charge in [0.25, 0.3) is 0 Å². The summed E-state index contributed by atoms with van der Waals surface area (Å²) in [6.45, 7) is 7.58. The number of aryl methyl sites for hydroxylation is 1. The highest BCUT2D eigenvalue weighted by atomic mass is 16.5. The van der Waals surface area contributed by atoms with Gasteiger partial charge < -0.3 is 15.0 Å². The molecule has 0 radical (unpaired) electrons. The lowest BCUT2D eigenvalue weighted by molar-refractivity contribution is -0.120. The second kappa shape index (κ2) is 8.23. The van der Waals surface area contributed by atoms with Gasteiger partial charge in [-0.2, -0.15) is 0 Å². The SMILES string of the molecule is COc1ccc(N2CCN(C(C)C(=O)Nc3ccc(C)cc3)CC2)cc1. The molecule has 138 valence electrons. The molecule has 2 aromatic rings. The van der Waals surface area contributed by atoms with Crippen molar-refractivity contribution in [3.8, 4) is 5.75 Å². The number of nitrogens with zero attached hydrogens (tertiary/aromatic N) is 2. The molecule has 26 heavy (non-hydrogen) atoms. The van der Waals surface area contributed by atoms with Crippen molar-refractivity contribution in [3.05, 3.63) is 54.1 Å². The van der Waals surface area contributed by atoms with Gasteiger partial charge in [-0.15, -0.1) is 0 Å². The number of piperazine rings is 1. The van der Waals surface area contributed by atoms with Crippen molar-refractivity contribution in [2.45, 2.75) is 19.9 Å². The fraction of sp³-hybridized carbons (Fsp3) is 0.381. The van der Waals surface area contributed by atoms with Gasteiger partial charge in [-0.1, -0.05) is 17.7 Å². The predicted molar refractivity (Wildman–Crippen MR) is 106 cm³/mol. The van der Waals surface area contributed by atoms with E-state index in [-0.39, 0.29) is 11.9 Å². The third-order valence-corrected chi connectivity index (χ3v) is 5.00. The third kappa shape index (κ3) is 4.35. The lowest BCUT2D eigenvalue weighted by atomic mass is 10.2. The monoisotopic (exact) mass is 353 g/mol. The molecule has 0 saturated carbocycles. The van der Waals surface area contributed by atoms with Crippen molar-refractivity contribution in [2.75, 3.05) is 43.5 Å². The molecule has 3 rings (SSSR count). The number of carbonyl (C=O) groups is 1. The van der Waals surface area contributed by atoms with Crippen LogP contribution in [0.1, 0.15) is 12.5 Å². The molecule has 1 aliphatic heterocycles. The van der Waals surface area contributed by atoms with E-state index in [1.165, 1.54) is 11.3 Å². The summed E-state index contributed by atoms with van der Waals surface area (Å²) in [7, 11) is 1.68. The summed E-state index contributed by atoms with van der Waals surface area (Å²) in [4.78, 5) is 17.1. The van der Waals surface area contributed by atoms with E-state index in [0.29, 0.717) is 0 Å². The van der Waals surface area contributed by atoms with E-state index in [2.05, 4.69) is 27.2 Å². The smallest absolute Gasteiger partial charge is 0.241 e. The Morgan fingerprint density at radius 3 is 2.19 bits per heavy atom. The molecule has 1 atom stereocenters. The number of rotatable bonds is 5. The number of ether oxygens (including phenoxy) is 1. The van der Waals surface area contributed by atoms with Crippen molar-refractivity contribution in [2.24, 2.45) is 0 Å². The minimum absolute atomic E-state index is 0.0479. The van der Waals surface area contributed by atoms with Crippen LogP contribution in [0.3, 0.4) is 0 Å². The highest BCUT2D eigenvalue weighted by Crippen LogP contribution is 2.21. The van der Waals surface area contributed by atoms with Gasteiger partial charge in [0.15, 0.2) is 0 Å². The van der Waals surface area contributed by atoms with Crippen LogP contribution >= 0.6 is 0 Å². The molecule has 2 aromatic carbocycles. The van der Waals surface area contributed by atoms with Crippen LogP contribution in [0.15, 0.2) is 48.5 Å². The third-order valence-electron chi connectivity index (χ3n) is 5.00. The second-order valence-corrected chi connectivity index (χ2v) is 6.75. The number of methoxy groups -OCH3 is 1. The fourth-order valence-corrected chi connectivity index (χ4v) is 3.21. The van der Waals surface area contributed by atoms with Gasteiger partial charge in [-0.25, -0.2) is 0 Å². The molecule has 0 bridgehead atoms. The number of benzene rings is 2. The number of carbonyl (C=O) groups excluding carboxylic acids is 1. The number of anilines is 2. The number of amides is 1. The van der Waals surface area contributed by atoms with E-state index in [1.54, 1.807) is 7.11 Å². The van der Waals surface area contributed by atoms with E-state index in [1.807, 2.05) is 50.2 Å². The molecule has 1 N–H and O–H groups in total. The van der Waals surface area contributed by atoms with Crippen LogP contribution in [0.4, 0.5) is 11.4 Å². The molecule has 5 heteroatoms. The van der Waals surface area contributed by atoms with Crippen LogP contribution in [0.5, 0.6) is 5.75 Å². The maximum absolute atomic E-state index is 12.5. The predicted octanol–water partition coefficient (Wildman–Crippen LogP) is 3.15. The van der Waals surface area contributed by atoms with Crippen molar-refractivity contribution in [3.63, 3.8) is 0 Å². The maximum Gasteiger partial charge on any atom is 0.241 e. The molecule has 1 saturated heterocycles. The Hall–Kier alpha value is -2.53. The maximum atomic E-state index is 12.5. The summed E-state index contributed by atoms with van der Waals surface area (Å²) < 4.78 is 5.22. The van der Waals surface area contributed by atoms with Crippen LogP contribution in [0, 0.1) is 6.92 Å².